The molecule has 142 valence electrons. The number of hydrogen-bond acceptors (Lipinski definition) is 5. The van der Waals surface area contributed by atoms with Gasteiger partial charge >= 0.3 is 29.6 Å². The van der Waals surface area contributed by atoms with Crippen LogP contribution in [0.4, 0.5) is 5.69 Å². The third kappa shape index (κ3) is 4.68. The third-order valence-corrected chi connectivity index (χ3v) is 4.45. The van der Waals surface area contributed by atoms with Crippen molar-refractivity contribution in [3.8, 4) is 22.3 Å². The van der Waals surface area contributed by atoms with E-state index >= 15 is 0 Å². The zero-order chi connectivity index (χ0) is 20.2. The molecule has 0 radical (unpaired) electrons. The molecule has 2 aromatic heterocycles. The smallest absolute Gasteiger partial charge is 0.545 e. The van der Waals surface area contributed by atoms with E-state index < -0.39 is 11.9 Å². The molecule has 0 aliphatic heterocycles. The Hall–Kier alpha value is -3.19. The summed E-state index contributed by atoms with van der Waals surface area (Å²) in [7, 11) is 0. The van der Waals surface area contributed by atoms with E-state index in [1.165, 1.54) is 18.5 Å². The molecule has 0 saturated heterocycles. The van der Waals surface area contributed by atoms with E-state index in [0.717, 1.165) is 16.7 Å². The zero-order valence-corrected chi connectivity index (χ0v) is 18.2. The molecule has 0 saturated carbocycles. The molecule has 4 aromatic rings. The van der Waals surface area contributed by atoms with E-state index in [9.17, 15) is 14.7 Å². The summed E-state index contributed by atoms with van der Waals surface area (Å²) in [6.45, 7) is 0. The van der Waals surface area contributed by atoms with Gasteiger partial charge < -0.3 is 19.6 Å². The van der Waals surface area contributed by atoms with Crippen LogP contribution in [0.5, 0.6) is 0 Å². The molecule has 6 nitrogen and oxygen atoms in total. The fourth-order valence-electron chi connectivity index (χ4n) is 2.98. The van der Waals surface area contributed by atoms with Crippen LogP contribution < -0.4 is 40.0 Å². The number of benzene rings is 2. The Morgan fingerprint density at radius 3 is 2.37 bits per heavy atom. The maximum atomic E-state index is 12.8. The Labute approximate surface area is 194 Å². The van der Waals surface area contributed by atoms with Crippen LogP contribution in [-0.2, 0) is 0 Å². The summed E-state index contributed by atoms with van der Waals surface area (Å²) >= 11 is 0. The van der Waals surface area contributed by atoms with Gasteiger partial charge in [-0.05, 0) is 29.3 Å². The molecule has 0 unspecified atom stereocenters. The van der Waals surface area contributed by atoms with Crippen LogP contribution in [0, 0.1) is 0 Å². The summed E-state index contributed by atoms with van der Waals surface area (Å²) in [5.74, 6) is -1.85. The second-order valence-electron chi connectivity index (χ2n) is 6.34. The summed E-state index contributed by atoms with van der Waals surface area (Å²) < 4.78 is 5.06. The van der Waals surface area contributed by atoms with Gasteiger partial charge in [-0.25, -0.2) is 0 Å². The van der Waals surface area contributed by atoms with Gasteiger partial charge in [0.25, 0.3) is 5.91 Å². The molecule has 0 fully saturated rings. The molecule has 0 bridgehead atoms. The van der Waals surface area contributed by atoms with Gasteiger partial charge in [0.05, 0.1) is 29.7 Å². The second-order valence-corrected chi connectivity index (χ2v) is 6.34. The first-order chi connectivity index (χ1) is 14.1. The van der Waals surface area contributed by atoms with Crippen molar-refractivity contribution >= 4 is 17.6 Å². The van der Waals surface area contributed by atoms with Gasteiger partial charge in [0.15, 0.2) is 0 Å². The number of carbonyl (C=O) groups excluding carboxylic acids is 2. The molecule has 0 spiro atoms. The molecule has 0 atom stereocenters. The molecule has 30 heavy (non-hydrogen) atoms. The van der Waals surface area contributed by atoms with Gasteiger partial charge in [-0.2, -0.15) is 0 Å². The summed E-state index contributed by atoms with van der Waals surface area (Å²) in [6.07, 6.45) is 6.11. The van der Waals surface area contributed by atoms with Crippen molar-refractivity contribution in [2.45, 2.75) is 0 Å². The average Bonchev–Trinajstić information content (AvgIpc) is 3.29. The largest absolute Gasteiger partial charge is 1.00 e. The van der Waals surface area contributed by atoms with E-state index in [2.05, 4.69) is 10.3 Å². The van der Waals surface area contributed by atoms with Crippen molar-refractivity contribution in [2.24, 2.45) is 0 Å². The van der Waals surface area contributed by atoms with Crippen LogP contribution in [0.2, 0.25) is 0 Å². The Bertz CT molecular complexity index is 1180. The number of aromatic carboxylic acids is 1. The number of rotatable bonds is 5. The maximum absolute atomic E-state index is 12.8. The SMILES string of the molecule is O=C(Nc1cc(-c2ccccc2)ccc1C(=O)[O-])c1cncc(-c2ccoc2)c1.[Na+]. The molecule has 2 heterocycles. The number of hydrogen-bond donors (Lipinski definition) is 1. The first-order valence-electron chi connectivity index (χ1n) is 8.81. The number of carboxylic acid groups (broad SMARTS) is 1. The topological polar surface area (TPSA) is 95.3 Å². The molecule has 2 aromatic carbocycles. The minimum atomic E-state index is -1.37. The van der Waals surface area contributed by atoms with Gasteiger partial charge in [0.1, 0.15) is 0 Å². The van der Waals surface area contributed by atoms with Gasteiger partial charge in [0.2, 0.25) is 0 Å². The number of amides is 1. The minimum absolute atomic E-state index is 0. The molecular weight excluding hydrogens is 391 g/mol. The number of anilines is 1. The van der Waals surface area contributed by atoms with Crippen molar-refractivity contribution in [1.82, 2.24) is 4.98 Å². The first kappa shape index (κ1) is 21.5. The Morgan fingerprint density at radius 2 is 1.67 bits per heavy atom. The van der Waals surface area contributed by atoms with Crippen molar-refractivity contribution < 1.29 is 48.7 Å². The van der Waals surface area contributed by atoms with Crippen LogP contribution >= 0.6 is 0 Å². The van der Waals surface area contributed by atoms with Crippen LogP contribution in [0.15, 0.2) is 90.0 Å². The van der Waals surface area contributed by atoms with E-state index in [1.54, 1.807) is 36.7 Å². The minimum Gasteiger partial charge on any atom is -0.545 e. The van der Waals surface area contributed by atoms with E-state index in [4.69, 9.17) is 4.42 Å². The quantitative estimate of drug-likeness (QED) is 0.491. The van der Waals surface area contributed by atoms with E-state index in [0.29, 0.717) is 5.56 Å². The van der Waals surface area contributed by atoms with Crippen molar-refractivity contribution in [1.29, 1.82) is 0 Å². The normalized spacial score (nSPS) is 10.1. The predicted molar refractivity (Wildman–Crippen MR) is 106 cm³/mol. The number of nitrogens with zero attached hydrogens (tertiary/aromatic N) is 1. The number of carbonyl (C=O) groups is 2. The van der Waals surface area contributed by atoms with E-state index in [-0.39, 0.29) is 46.4 Å². The second kappa shape index (κ2) is 9.54. The fraction of sp³-hybridized carbons (Fsp3) is 0. The van der Waals surface area contributed by atoms with Crippen LogP contribution in [0.25, 0.3) is 22.3 Å². The van der Waals surface area contributed by atoms with Crippen LogP contribution in [0.3, 0.4) is 0 Å². The molecule has 0 aliphatic carbocycles. The van der Waals surface area contributed by atoms with Gasteiger partial charge in [0, 0.05) is 29.1 Å². The van der Waals surface area contributed by atoms with Crippen molar-refractivity contribution in [3.63, 3.8) is 0 Å². The molecule has 1 N–H and O–H groups in total. The van der Waals surface area contributed by atoms with Crippen LogP contribution in [0.1, 0.15) is 20.7 Å². The summed E-state index contributed by atoms with van der Waals surface area (Å²) in [5, 5.41) is 14.2. The third-order valence-electron chi connectivity index (χ3n) is 4.45. The van der Waals surface area contributed by atoms with Crippen molar-refractivity contribution in [3.05, 3.63) is 96.7 Å². The number of pyridine rings is 1. The molecule has 1 amide bonds. The summed E-state index contributed by atoms with van der Waals surface area (Å²) in [6, 6.07) is 17.6. The number of furan rings is 1. The zero-order valence-electron chi connectivity index (χ0n) is 16.2. The number of aromatic nitrogens is 1. The Balaban J connectivity index is 0.00000256. The Morgan fingerprint density at radius 1 is 0.867 bits per heavy atom. The van der Waals surface area contributed by atoms with Gasteiger partial charge in [-0.3, -0.25) is 9.78 Å². The summed E-state index contributed by atoms with van der Waals surface area (Å²) in [4.78, 5) is 28.4. The monoisotopic (exact) mass is 406 g/mol. The van der Waals surface area contributed by atoms with Crippen molar-refractivity contribution in [2.75, 3.05) is 5.32 Å². The molecule has 7 heteroatoms. The summed E-state index contributed by atoms with van der Waals surface area (Å²) in [5.41, 5.74) is 3.52. The number of nitrogens with one attached hydrogen (secondary N) is 1. The fourth-order valence-corrected chi connectivity index (χ4v) is 2.98. The van der Waals surface area contributed by atoms with E-state index in [1.807, 2.05) is 30.3 Å². The molecule has 0 aliphatic rings. The van der Waals surface area contributed by atoms with Gasteiger partial charge in [-0.15, -0.1) is 0 Å². The first-order valence-corrected chi connectivity index (χ1v) is 8.81. The maximum Gasteiger partial charge on any atom is 1.00 e. The van der Waals surface area contributed by atoms with Crippen LogP contribution in [-0.4, -0.2) is 16.9 Å². The standard InChI is InChI=1S/C23H16N2O4.Na/c26-22(19-10-18(12-24-13-19)17-8-9-29-14-17)25-21-11-16(6-7-20(21)23(27)28)15-4-2-1-3-5-15;/h1-14H,(H,25,26)(H,27,28);/q;+1/p-1. The molecular formula is C23H15N2NaO4. The predicted octanol–water partition coefficient (Wildman–Crippen LogP) is 0.628. The Kier molecular flexibility index (Phi) is 6.84. The molecule has 4 rings (SSSR count). The number of carboxylic acids is 1. The van der Waals surface area contributed by atoms with Gasteiger partial charge in [-0.1, -0.05) is 42.5 Å². The average molecular weight is 406 g/mol.